The molecule has 0 spiro atoms. The van der Waals surface area contributed by atoms with Gasteiger partial charge in [0.05, 0.1) is 0 Å². The number of rotatable bonds is 13. The van der Waals surface area contributed by atoms with E-state index < -0.39 is 0 Å². The first-order valence-corrected chi connectivity index (χ1v) is 16.6. The molecule has 0 aromatic heterocycles. The van der Waals surface area contributed by atoms with Crippen LogP contribution >= 0.6 is 15.9 Å². The van der Waals surface area contributed by atoms with Crippen molar-refractivity contribution in [3.63, 3.8) is 0 Å². The van der Waals surface area contributed by atoms with E-state index in [0.717, 1.165) is 0 Å². The maximum atomic E-state index is 3.85. The fourth-order valence-corrected chi connectivity index (χ4v) is 7.16. The number of anilines is 3. The van der Waals surface area contributed by atoms with Crippen molar-refractivity contribution >= 4 is 33.0 Å². The SMILES string of the molecule is CCCCCCC1(CCCCCC)c2cc(Br)ccc2-c2ccc(N(c3ccc(C)cc3)c3ccc(C)cc3)cc21. The van der Waals surface area contributed by atoms with Gasteiger partial charge in [-0.05, 0) is 97.5 Å². The quantitative estimate of drug-likeness (QED) is 0.137. The van der Waals surface area contributed by atoms with Crippen molar-refractivity contribution < 1.29 is 0 Å². The van der Waals surface area contributed by atoms with Crippen LogP contribution in [-0.2, 0) is 5.41 Å². The van der Waals surface area contributed by atoms with E-state index >= 15 is 0 Å². The van der Waals surface area contributed by atoms with Gasteiger partial charge in [0, 0.05) is 26.9 Å². The summed E-state index contributed by atoms with van der Waals surface area (Å²) in [4.78, 5) is 2.44. The Labute approximate surface area is 257 Å². The molecule has 0 N–H and O–H groups in total. The van der Waals surface area contributed by atoms with E-state index in [-0.39, 0.29) is 5.41 Å². The molecule has 0 saturated carbocycles. The Kier molecular flexibility index (Phi) is 9.71. The highest BCUT2D eigenvalue weighted by molar-refractivity contribution is 9.10. The van der Waals surface area contributed by atoms with Crippen LogP contribution in [0.1, 0.15) is 100 Å². The molecule has 0 bridgehead atoms. The van der Waals surface area contributed by atoms with Gasteiger partial charge in [0.15, 0.2) is 0 Å². The van der Waals surface area contributed by atoms with Crippen LogP contribution in [0.3, 0.4) is 0 Å². The summed E-state index contributed by atoms with van der Waals surface area (Å²) < 4.78 is 1.19. The molecule has 0 saturated heterocycles. The normalized spacial score (nSPS) is 13.2. The van der Waals surface area contributed by atoms with Crippen LogP contribution in [0.25, 0.3) is 11.1 Å². The molecule has 0 radical (unpaired) electrons. The first-order chi connectivity index (χ1) is 20.0. The fraction of sp³-hybridized carbons (Fsp3) is 0.385. The summed E-state index contributed by atoms with van der Waals surface area (Å²) in [6.07, 6.45) is 12.8. The zero-order chi connectivity index (χ0) is 28.8. The van der Waals surface area contributed by atoms with Crippen LogP contribution < -0.4 is 4.90 Å². The van der Waals surface area contributed by atoms with Crippen LogP contribution in [-0.4, -0.2) is 0 Å². The standard InChI is InChI=1S/C39H46BrN/c1-5-7-9-11-25-39(26-12-10-8-6-2)37-27-31(40)17-23-35(37)36-24-22-34(28-38(36)39)41(32-18-13-29(3)14-19-32)33-20-15-30(4)16-21-33/h13-24,27-28H,5-12,25-26H2,1-4H3. The van der Waals surface area contributed by atoms with Gasteiger partial charge in [0.2, 0.25) is 0 Å². The third-order valence-corrected chi connectivity index (χ3v) is 9.56. The average molecular weight is 609 g/mol. The molecule has 0 fully saturated rings. The minimum Gasteiger partial charge on any atom is -0.310 e. The molecular weight excluding hydrogens is 562 g/mol. The van der Waals surface area contributed by atoms with E-state index in [4.69, 9.17) is 0 Å². The van der Waals surface area contributed by atoms with E-state index in [1.807, 2.05) is 0 Å². The van der Waals surface area contributed by atoms with Crippen molar-refractivity contribution in [2.45, 2.75) is 97.3 Å². The van der Waals surface area contributed by atoms with E-state index in [0.29, 0.717) is 0 Å². The molecule has 0 amide bonds. The lowest BCUT2D eigenvalue weighted by Crippen LogP contribution is -2.26. The molecule has 0 unspecified atom stereocenters. The molecule has 0 atom stereocenters. The third kappa shape index (κ3) is 6.33. The summed E-state index contributed by atoms with van der Waals surface area (Å²) in [5, 5.41) is 0. The summed E-state index contributed by atoms with van der Waals surface area (Å²) in [7, 11) is 0. The Hall–Kier alpha value is -2.84. The van der Waals surface area contributed by atoms with Crippen molar-refractivity contribution in [2.75, 3.05) is 4.90 Å². The van der Waals surface area contributed by atoms with E-state index in [1.54, 1.807) is 0 Å². The Balaban J connectivity index is 1.66. The Morgan fingerprint density at radius 2 is 1.00 bits per heavy atom. The summed E-state index contributed by atoms with van der Waals surface area (Å²) in [5.41, 5.74) is 12.2. The van der Waals surface area contributed by atoms with Crippen molar-refractivity contribution in [1.29, 1.82) is 0 Å². The van der Waals surface area contributed by atoms with Crippen molar-refractivity contribution in [2.24, 2.45) is 0 Å². The minimum absolute atomic E-state index is 0.0537. The molecule has 1 aliphatic rings. The Morgan fingerprint density at radius 1 is 0.537 bits per heavy atom. The topological polar surface area (TPSA) is 3.24 Å². The van der Waals surface area contributed by atoms with Gasteiger partial charge in [-0.15, -0.1) is 0 Å². The molecule has 4 aromatic carbocycles. The second-order valence-corrected chi connectivity index (χ2v) is 13.0. The Bertz CT molecular complexity index is 1380. The van der Waals surface area contributed by atoms with Gasteiger partial charge in [0.25, 0.3) is 0 Å². The third-order valence-electron chi connectivity index (χ3n) is 9.06. The maximum Gasteiger partial charge on any atom is 0.0465 e. The molecule has 0 heterocycles. The predicted octanol–water partition coefficient (Wildman–Crippen LogP) is 12.7. The molecule has 0 aliphatic heterocycles. The average Bonchev–Trinajstić information content (AvgIpc) is 3.24. The number of benzene rings is 4. The van der Waals surface area contributed by atoms with Gasteiger partial charge in [-0.25, -0.2) is 0 Å². The number of unbranched alkanes of at least 4 members (excludes halogenated alkanes) is 6. The van der Waals surface area contributed by atoms with Gasteiger partial charge >= 0.3 is 0 Å². The van der Waals surface area contributed by atoms with Gasteiger partial charge in [-0.3, -0.25) is 0 Å². The summed E-state index contributed by atoms with van der Waals surface area (Å²) in [6.45, 7) is 8.95. The van der Waals surface area contributed by atoms with Gasteiger partial charge in [-0.1, -0.05) is 129 Å². The summed E-state index contributed by atoms with van der Waals surface area (Å²) in [5.74, 6) is 0. The van der Waals surface area contributed by atoms with Crippen LogP contribution in [0.15, 0.2) is 89.4 Å². The molecule has 5 rings (SSSR count). The number of halogens is 1. The maximum absolute atomic E-state index is 3.85. The Morgan fingerprint density at radius 3 is 1.51 bits per heavy atom. The van der Waals surface area contributed by atoms with Crippen LogP contribution in [0.5, 0.6) is 0 Å². The number of fused-ring (bicyclic) bond motifs is 3. The minimum atomic E-state index is 0.0537. The van der Waals surface area contributed by atoms with Crippen LogP contribution in [0.4, 0.5) is 17.1 Å². The number of hydrogen-bond acceptors (Lipinski definition) is 1. The van der Waals surface area contributed by atoms with Crippen molar-refractivity contribution in [3.8, 4) is 11.1 Å². The van der Waals surface area contributed by atoms with Crippen LogP contribution in [0.2, 0.25) is 0 Å². The molecule has 1 nitrogen and oxygen atoms in total. The molecule has 4 aromatic rings. The van der Waals surface area contributed by atoms with Gasteiger partial charge in [-0.2, -0.15) is 0 Å². The van der Waals surface area contributed by atoms with E-state index in [9.17, 15) is 0 Å². The zero-order valence-electron chi connectivity index (χ0n) is 25.5. The fourth-order valence-electron chi connectivity index (χ4n) is 6.80. The molecule has 1 aliphatic carbocycles. The summed E-state index contributed by atoms with van der Waals surface area (Å²) >= 11 is 3.85. The lowest BCUT2D eigenvalue weighted by molar-refractivity contribution is 0.401. The number of aryl methyl sites for hydroxylation is 2. The highest BCUT2D eigenvalue weighted by Crippen LogP contribution is 2.56. The lowest BCUT2D eigenvalue weighted by atomic mass is 9.70. The first-order valence-electron chi connectivity index (χ1n) is 15.8. The summed E-state index contributed by atoms with van der Waals surface area (Å²) in [6, 6.07) is 32.3. The number of hydrogen-bond donors (Lipinski definition) is 0. The van der Waals surface area contributed by atoms with E-state index in [2.05, 4.69) is 133 Å². The monoisotopic (exact) mass is 607 g/mol. The number of nitrogens with zero attached hydrogens (tertiary/aromatic N) is 1. The van der Waals surface area contributed by atoms with Gasteiger partial charge in [0.1, 0.15) is 0 Å². The lowest BCUT2D eigenvalue weighted by Gasteiger charge is -2.34. The second kappa shape index (κ2) is 13.4. The van der Waals surface area contributed by atoms with Crippen molar-refractivity contribution in [3.05, 3.63) is 112 Å². The van der Waals surface area contributed by atoms with Crippen LogP contribution in [0, 0.1) is 13.8 Å². The molecular formula is C39H46BrN. The predicted molar refractivity (Wildman–Crippen MR) is 182 cm³/mol. The smallest absolute Gasteiger partial charge is 0.0465 e. The molecule has 2 heteroatoms. The first kappa shape index (κ1) is 29.6. The van der Waals surface area contributed by atoms with E-state index in [1.165, 1.54) is 119 Å². The van der Waals surface area contributed by atoms with Crippen molar-refractivity contribution in [1.82, 2.24) is 0 Å². The van der Waals surface area contributed by atoms with Gasteiger partial charge < -0.3 is 4.90 Å². The largest absolute Gasteiger partial charge is 0.310 e. The zero-order valence-corrected chi connectivity index (χ0v) is 27.1. The highest BCUT2D eigenvalue weighted by atomic mass is 79.9. The second-order valence-electron chi connectivity index (χ2n) is 12.1. The molecule has 214 valence electrons. The highest BCUT2D eigenvalue weighted by Gasteiger charge is 2.42. The molecule has 41 heavy (non-hydrogen) atoms.